The maximum atomic E-state index is 12.1. The molecule has 0 aliphatic carbocycles. The van der Waals surface area contributed by atoms with Gasteiger partial charge in [-0.05, 0) is 22.6 Å². The van der Waals surface area contributed by atoms with Gasteiger partial charge in [-0.2, -0.15) is 0 Å². The van der Waals surface area contributed by atoms with Gasteiger partial charge in [0.1, 0.15) is 5.82 Å². The quantitative estimate of drug-likeness (QED) is 0.424. The highest BCUT2D eigenvalue weighted by Crippen LogP contribution is 2.12. The summed E-state index contributed by atoms with van der Waals surface area (Å²) in [6.45, 7) is 1.10. The van der Waals surface area contributed by atoms with Crippen LogP contribution in [0.3, 0.4) is 0 Å². The Morgan fingerprint density at radius 1 is 1.19 bits per heavy atom. The minimum atomic E-state index is -0.507. The molecular weight excluding hydrogens is 402 g/mol. The van der Waals surface area contributed by atoms with Gasteiger partial charge in [-0.15, -0.1) is 5.10 Å². The Morgan fingerprint density at radius 3 is 2.74 bits per heavy atom. The summed E-state index contributed by atoms with van der Waals surface area (Å²) < 4.78 is 12.1. The summed E-state index contributed by atoms with van der Waals surface area (Å²) in [7, 11) is 1.73. The van der Waals surface area contributed by atoms with E-state index in [0.29, 0.717) is 36.3 Å². The smallest absolute Gasteiger partial charge is 0.230 e. The van der Waals surface area contributed by atoms with Crippen LogP contribution in [-0.4, -0.2) is 56.3 Å². The van der Waals surface area contributed by atoms with E-state index in [-0.39, 0.29) is 18.9 Å². The largest absolute Gasteiger partial charge is 0.389 e. The Kier molecular flexibility index (Phi) is 6.55. The third kappa shape index (κ3) is 5.47. The number of rotatable bonds is 8. The van der Waals surface area contributed by atoms with Gasteiger partial charge >= 0.3 is 0 Å². The van der Waals surface area contributed by atoms with Crippen LogP contribution in [0.15, 0.2) is 53.7 Å². The molecular formula is C20H21N7O4. The Balaban J connectivity index is 1.41. The number of nitrogens with zero attached hydrogens (tertiary/aromatic N) is 6. The standard InChI is InChI=1S/C20H21N7O4/c1-27-20(23-25-26-27)19(14-6-3-2-4-7-14)24-31-13-15-8-5-9-16(21-15)22-17(28)12-18-29-10-11-30-18/h2-9,18H,10-13H2,1H3,(H,21,22,28)/b24-19-. The fraction of sp³-hybridized carbons (Fsp3) is 0.300. The first-order valence-corrected chi connectivity index (χ1v) is 9.66. The first-order chi connectivity index (χ1) is 15.2. The highest BCUT2D eigenvalue weighted by Gasteiger charge is 2.20. The van der Waals surface area contributed by atoms with Crippen molar-refractivity contribution in [1.82, 2.24) is 25.2 Å². The van der Waals surface area contributed by atoms with Gasteiger partial charge in [0.2, 0.25) is 11.7 Å². The van der Waals surface area contributed by atoms with Crippen LogP contribution in [-0.2, 0) is 32.8 Å². The Morgan fingerprint density at radius 2 is 2.00 bits per heavy atom. The lowest BCUT2D eigenvalue weighted by Gasteiger charge is -2.10. The summed E-state index contributed by atoms with van der Waals surface area (Å²) in [5, 5.41) is 18.5. The van der Waals surface area contributed by atoms with E-state index in [1.165, 1.54) is 4.68 Å². The zero-order valence-electron chi connectivity index (χ0n) is 16.8. The SMILES string of the molecule is Cn1nnnc1/C(=N\OCc1cccc(NC(=O)CC2OCCO2)n1)c1ccccc1. The zero-order chi connectivity index (χ0) is 21.5. The van der Waals surface area contributed by atoms with Crippen LogP contribution in [0.2, 0.25) is 0 Å². The minimum Gasteiger partial charge on any atom is -0.389 e. The number of hydrogen-bond acceptors (Lipinski definition) is 9. The van der Waals surface area contributed by atoms with Crippen LogP contribution in [0.5, 0.6) is 0 Å². The van der Waals surface area contributed by atoms with E-state index in [4.69, 9.17) is 14.3 Å². The maximum absolute atomic E-state index is 12.1. The van der Waals surface area contributed by atoms with E-state index in [1.54, 1.807) is 25.2 Å². The number of nitrogens with one attached hydrogen (secondary N) is 1. The zero-order valence-corrected chi connectivity index (χ0v) is 16.8. The first-order valence-electron chi connectivity index (χ1n) is 9.66. The number of oxime groups is 1. The average Bonchev–Trinajstić information content (AvgIpc) is 3.44. The number of carbonyl (C=O) groups is 1. The molecule has 1 aromatic carbocycles. The molecule has 1 saturated heterocycles. The molecule has 1 aliphatic rings. The van der Waals surface area contributed by atoms with Crippen molar-refractivity contribution in [3.05, 3.63) is 65.6 Å². The highest BCUT2D eigenvalue weighted by molar-refractivity contribution is 6.10. The molecule has 0 radical (unpaired) electrons. The predicted octanol–water partition coefficient (Wildman–Crippen LogP) is 1.28. The minimum absolute atomic E-state index is 0.0974. The average molecular weight is 423 g/mol. The number of ether oxygens (including phenoxy) is 2. The van der Waals surface area contributed by atoms with Crippen molar-refractivity contribution < 1.29 is 19.1 Å². The monoisotopic (exact) mass is 423 g/mol. The van der Waals surface area contributed by atoms with Gasteiger partial charge < -0.3 is 19.6 Å². The molecule has 1 fully saturated rings. The molecule has 1 aliphatic heterocycles. The Labute approximate surface area is 178 Å². The number of amides is 1. The number of aromatic nitrogens is 5. The van der Waals surface area contributed by atoms with Crippen LogP contribution in [0.25, 0.3) is 0 Å². The van der Waals surface area contributed by atoms with E-state index in [0.717, 1.165) is 5.56 Å². The third-order valence-electron chi connectivity index (χ3n) is 4.36. The van der Waals surface area contributed by atoms with Crippen LogP contribution in [0.1, 0.15) is 23.5 Å². The lowest BCUT2D eigenvalue weighted by atomic mass is 10.1. The Bertz CT molecular complexity index is 1050. The summed E-state index contributed by atoms with van der Waals surface area (Å²) >= 11 is 0. The molecule has 1 amide bonds. The molecule has 2 aromatic heterocycles. The Hall–Kier alpha value is -3.70. The fourth-order valence-corrected chi connectivity index (χ4v) is 2.91. The summed E-state index contributed by atoms with van der Waals surface area (Å²) in [5.74, 6) is 0.641. The summed E-state index contributed by atoms with van der Waals surface area (Å²) in [6, 6.07) is 14.7. The number of tetrazole rings is 1. The fourth-order valence-electron chi connectivity index (χ4n) is 2.91. The van der Waals surface area contributed by atoms with Crippen molar-refractivity contribution >= 4 is 17.4 Å². The molecule has 1 N–H and O–H groups in total. The van der Waals surface area contributed by atoms with Crippen molar-refractivity contribution in [2.75, 3.05) is 18.5 Å². The van der Waals surface area contributed by atoms with Crippen molar-refractivity contribution in [1.29, 1.82) is 0 Å². The summed E-state index contributed by atoms with van der Waals surface area (Å²) in [6.07, 6.45) is -0.397. The second kappa shape index (κ2) is 9.87. The van der Waals surface area contributed by atoms with E-state index in [1.807, 2.05) is 30.3 Å². The lowest BCUT2D eigenvalue weighted by molar-refractivity contribution is -0.124. The van der Waals surface area contributed by atoms with Gasteiger partial charge in [0.05, 0.1) is 25.3 Å². The molecule has 11 nitrogen and oxygen atoms in total. The van der Waals surface area contributed by atoms with Gasteiger partial charge in [-0.25, -0.2) is 9.67 Å². The number of hydrogen-bond donors (Lipinski definition) is 1. The van der Waals surface area contributed by atoms with Crippen molar-refractivity contribution in [2.45, 2.75) is 19.3 Å². The van der Waals surface area contributed by atoms with Crippen molar-refractivity contribution in [3.8, 4) is 0 Å². The van der Waals surface area contributed by atoms with Gasteiger partial charge in [0, 0.05) is 12.6 Å². The summed E-state index contributed by atoms with van der Waals surface area (Å²) in [5.41, 5.74) is 1.90. The van der Waals surface area contributed by atoms with E-state index < -0.39 is 6.29 Å². The van der Waals surface area contributed by atoms with Gasteiger partial charge in [0.25, 0.3) is 0 Å². The van der Waals surface area contributed by atoms with E-state index in [9.17, 15) is 4.79 Å². The van der Waals surface area contributed by atoms with Crippen LogP contribution < -0.4 is 5.32 Å². The topological polar surface area (TPSA) is 126 Å². The molecule has 0 atom stereocenters. The second-order valence-corrected chi connectivity index (χ2v) is 6.64. The number of benzene rings is 1. The van der Waals surface area contributed by atoms with Crippen molar-refractivity contribution in [3.63, 3.8) is 0 Å². The molecule has 3 heterocycles. The van der Waals surface area contributed by atoms with Crippen LogP contribution in [0, 0.1) is 0 Å². The van der Waals surface area contributed by atoms with Crippen LogP contribution >= 0.6 is 0 Å². The van der Waals surface area contributed by atoms with E-state index >= 15 is 0 Å². The number of aryl methyl sites for hydroxylation is 1. The van der Waals surface area contributed by atoms with Gasteiger partial charge in [-0.3, -0.25) is 4.79 Å². The number of carbonyl (C=O) groups excluding carboxylic acids is 1. The molecule has 31 heavy (non-hydrogen) atoms. The predicted molar refractivity (Wildman–Crippen MR) is 109 cm³/mol. The number of pyridine rings is 1. The molecule has 0 saturated carbocycles. The first kappa shape index (κ1) is 20.6. The molecule has 3 aromatic rings. The van der Waals surface area contributed by atoms with Gasteiger partial charge in [0.15, 0.2) is 18.6 Å². The molecule has 0 bridgehead atoms. The highest BCUT2D eigenvalue weighted by atomic mass is 16.7. The third-order valence-corrected chi connectivity index (χ3v) is 4.36. The molecule has 4 rings (SSSR count). The van der Waals surface area contributed by atoms with Crippen molar-refractivity contribution in [2.24, 2.45) is 12.2 Å². The summed E-state index contributed by atoms with van der Waals surface area (Å²) in [4.78, 5) is 22.0. The molecule has 0 spiro atoms. The second-order valence-electron chi connectivity index (χ2n) is 6.64. The lowest BCUT2D eigenvalue weighted by Crippen LogP contribution is -2.21. The molecule has 160 valence electrons. The van der Waals surface area contributed by atoms with Crippen LogP contribution in [0.4, 0.5) is 5.82 Å². The molecule has 0 unspecified atom stereocenters. The number of anilines is 1. The molecule has 11 heteroatoms. The maximum Gasteiger partial charge on any atom is 0.230 e. The van der Waals surface area contributed by atoms with Gasteiger partial charge in [-0.1, -0.05) is 41.6 Å². The normalized spacial score (nSPS) is 14.5. The van der Waals surface area contributed by atoms with E-state index in [2.05, 4.69) is 31.0 Å².